The molecule has 1 aliphatic rings. The highest BCUT2D eigenvalue weighted by molar-refractivity contribution is 7.92. The molecule has 1 atom stereocenters. The Morgan fingerprint density at radius 2 is 1.64 bits per heavy atom. The second-order valence-electron chi connectivity index (χ2n) is 10.5. The van der Waals surface area contributed by atoms with Gasteiger partial charge < -0.3 is 19.7 Å². The summed E-state index contributed by atoms with van der Waals surface area (Å²) in [7, 11) is -3.68. The predicted octanol–water partition coefficient (Wildman–Crippen LogP) is 4.27. The number of ether oxygens (including phenoxy) is 2. The van der Waals surface area contributed by atoms with Crippen molar-refractivity contribution < 1.29 is 31.9 Å². The van der Waals surface area contributed by atoms with Gasteiger partial charge in [-0.25, -0.2) is 12.8 Å². The van der Waals surface area contributed by atoms with Crippen molar-refractivity contribution in [2.24, 2.45) is 0 Å². The monoisotopic (exact) mass is 597 g/mol. The SMILES string of the molecule is CC(C)NC(=O)C(Cc1ccccc1)N(Cc1ccc(F)cc1)C(=O)CCCN(c1ccc2c(c1)OCO2)S(C)(=O)=O. The third-order valence-corrected chi connectivity index (χ3v) is 7.96. The van der Waals surface area contributed by atoms with Gasteiger partial charge in [0.1, 0.15) is 11.9 Å². The zero-order valence-corrected chi connectivity index (χ0v) is 24.8. The van der Waals surface area contributed by atoms with E-state index in [1.165, 1.54) is 21.3 Å². The van der Waals surface area contributed by atoms with Crippen LogP contribution in [0.2, 0.25) is 0 Å². The number of nitrogens with one attached hydrogen (secondary N) is 1. The third-order valence-electron chi connectivity index (χ3n) is 6.76. The number of benzene rings is 3. The lowest BCUT2D eigenvalue weighted by molar-refractivity contribution is -0.141. The molecule has 0 fully saturated rings. The number of rotatable bonds is 13. The van der Waals surface area contributed by atoms with E-state index in [2.05, 4.69) is 5.32 Å². The van der Waals surface area contributed by atoms with E-state index >= 15 is 0 Å². The van der Waals surface area contributed by atoms with E-state index in [9.17, 15) is 22.4 Å². The van der Waals surface area contributed by atoms with Gasteiger partial charge in [-0.1, -0.05) is 42.5 Å². The van der Waals surface area contributed by atoms with Gasteiger partial charge in [-0.3, -0.25) is 13.9 Å². The van der Waals surface area contributed by atoms with Crippen LogP contribution < -0.4 is 19.1 Å². The fourth-order valence-electron chi connectivity index (χ4n) is 4.77. The van der Waals surface area contributed by atoms with E-state index in [1.54, 1.807) is 30.3 Å². The maximum atomic E-state index is 13.8. The van der Waals surface area contributed by atoms with Crippen molar-refractivity contribution in [3.63, 3.8) is 0 Å². The van der Waals surface area contributed by atoms with E-state index in [0.29, 0.717) is 22.7 Å². The van der Waals surface area contributed by atoms with Crippen molar-refractivity contribution in [2.45, 2.75) is 51.7 Å². The molecule has 4 rings (SSSR count). The minimum atomic E-state index is -3.68. The first-order valence-electron chi connectivity index (χ1n) is 13.8. The molecule has 0 aliphatic carbocycles. The number of amides is 2. The quantitative estimate of drug-likeness (QED) is 0.316. The van der Waals surface area contributed by atoms with Gasteiger partial charge in [-0.05, 0) is 55.7 Å². The van der Waals surface area contributed by atoms with Crippen molar-refractivity contribution in [2.75, 3.05) is 23.9 Å². The van der Waals surface area contributed by atoms with Crippen LogP contribution in [0.15, 0.2) is 72.8 Å². The molecular weight excluding hydrogens is 561 g/mol. The molecule has 0 aromatic heterocycles. The van der Waals surface area contributed by atoms with Gasteiger partial charge in [0.15, 0.2) is 11.5 Å². The summed E-state index contributed by atoms with van der Waals surface area (Å²) < 4.78 is 51.0. The topological polar surface area (TPSA) is 105 Å². The highest BCUT2D eigenvalue weighted by Gasteiger charge is 2.31. The molecule has 3 aromatic rings. The summed E-state index contributed by atoms with van der Waals surface area (Å²) in [6.07, 6.45) is 1.56. The van der Waals surface area contributed by atoms with Crippen molar-refractivity contribution in [1.82, 2.24) is 10.2 Å². The van der Waals surface area contributed by atoms with Crippen LogP contribution in [0, 0.1) is 5.82 Å². The van der Waals surface area contributed by atoms with E-state index in [1.807, 2.05) is 44.2 Å². The fraction of sp³-hybridized carbons (Fsp3) is 0.355. The fourth-order valence-corrected chi connectivity index (χ4v) is 5.72. The predicted molar refractivity (Wildman–Crippen MR) is 158 cm³/mol. The Hall–Kier alpha value is -4.12. The first kappa shape index (κ1) is 30.8. The van der Waals surface area contributed by atoms with Gasteiger partial charge in [0, 0.05) is 38.0 Å². The van der Waals surface area contributed by atoms with E-state index in [4.69, 9.17) is 9.47 Å². The summed E-state index contributed by atoms with van der Waals surface area (Å²) in [5.74, 6) is -0.0503. The molecule has 0 saturated heterocycles. The lowest BCUT2D eigenvalue weighted by atomic mass is 10.0. The van der Waals surface area contributed by atoms with Crippen molar-refractivity contribution in [3.05, 3.63) is 89.7 Å². The lowest BCUT2D eigenvalue weighted by Crippen LogP contribution is -2.51. The molecule has 2 amide bonds. The number of sulfonamides is 1. The minimum Gasteiger partial charge on any atom is -0.454 e. The molecule has 0 bridgehead atoms. The molecule has 9 nitrogen and oxygen atoms in total. The molecule has 224 valence electrons. The Bertz CT molecular complexity index is 1480. The summed E-state index contributed by atoms with van der Waals surface area (Å²) in [6, 6.07) is 19.1. The van der Waals surface area contributed by atoms with Crippen LogP contribution in [0.3, 0.4) is 0 Å². The Morgan fingerprint density at radius 1 is 0.952 bits per heavy atom. The van der Waals surface area contributed by atoms with Gasteiger partial charge in [0.2, 0.25) is 28.6 Å². The highest BCUT2D eigenvalue weighted by Crippen LogP contribution is 2.36. The first-order chi connectivity index (χ1) is 20.0. The second kappa shape index (κ2) is 13.7. The van der Waals surface area contributed by atoms with E-state index in [0.717, 1.165) is 11.8 Å². The summed E-state index contributed by atoms with van der Waals surface area (Å²) >= 11 is 0. The van der Waals surface area contributed by atoms with Gasteiger partial charge >= 0.3 is 0 Å². The van der Waals surface area contributed by atoms with Gasteiger partial charge in [-0.2, -0.15) is 0 Å². The Labute approximate surface area is 246 Å². The molecule has 1 N–H and O–H groups in total. The standard InChI is InChI=1S/C31H36FN3O6S/c1-22(2)33-31(37)27(18-23-8-5-4-6-9-23)34(20-24-11-13-25(32)14-12-24)30(36)10-7-17-35(42(3,38)39)26-15-16-28-29(19-26)41-21-40-28/h4-6,8-9,11-16,19,22,27H,7,10,17-18,20-21H2,1-3H3,(H,33,37). The number of hydrogen-bond donors (Lipinski definition) is 1. The van der Waals surface area contributed by atoms with Crippen molar-refractivity contribution >= 4 is 27.5 Å². The molecule has 0 radical (unpaired) electrons. The highest BCUT2D eigenvalue weighted by atomic mass is 32.2. The molecule has 3 aromatic carbocycles. The number of anilines is 1. The average Bonchev–Trinajstić information content (AvgIpc) is 3.41. The normalized spacial score (nSPS) is 13.1. The van der Waals surface area contributed by atoms with Gasteiger partial charge in [0.25, 0.3) is 0 Å². The summed E-state index contributed by atoms with van der Waals surface area (Å²) in [6.45, 7) is 3.87. The molecule has 42 heavy (non-hydrogen) atoms. The zero-order valence-electron chi connectivity index (χ0n) is 24.0. The molecule has 0 spiro atoms. The van der Waals surface area contributed by atoms with Crippen LogP contribution in [0.1, 0.15) is 37.8 Å². The van der Waals surface area contributed by atoms with Crippen LogP contribution in [0.25, 0.3) is 0 Å². The summed E-state index contributed by atoms with van der Waals surface area (Å²) in [5.41, 5.74) is 1.94. The molecule has 1 heterocycles. The summed E-state index contributed by atoms with van der Waals surface area (Å²) in [5, 5.41) is 2.93. The van der Waals surface area contributed by atoms with Crippen LogP contribution in [0.4, 0.5) is 10.1 Å². The average molecular weight is 598 g/mol. The Kier molecular flexibility index (Phi) is 10.1. The van der Waals surface area contributed by atoms with Crippen molar-refractivity contribution in [3.8, 4) is 11.5 Å². The summed E-state index contributed by atoms with van der Waals surface area (Å²) in [4.78, 5) is 28.8. The second-order valence-corrected chi connectivity index (χ2v) is 12.4. The molecule has 1 aliphatic heterocycles. The van der Waals surface area contributed by atoms with Gasteiger partial charge in [-0.15, -0.1) is 0 Å². The lowest BCUT2D eigenvalue weighted by Gasteiger charge is -2.32. The van der Waals surface area contributed by atoms with Gasteiger partial charge in [0.05, 0.1) is 11.9 Å². The number of halogens is 1. The van der Waals surface area contributed by atoms with Crippen molar-refractivity contribution in [1.29, 1.82) is 0 Å². The van der Waals surface area contributed by atoms with Crippen LogP contribution in [0.5, 0.6) is 11.5 Å². The number of carbonyl (C=O) groups excluding carboxylic acids is 2. The number of fused-ring (bicyclic) bond motifs is 1. The third kappa shape index (κ3) is 8.22. The largest absolute Gasteiger partial charge is 0.454 e. The molecule has 11 heteroatoms. The Morgan fingerprint density at radius 3 is 2.31 bits per heavy atom. The molecule has 1 unspecified atom stereocenters. The first-order valence-corrected chi connectivity index (χ1v) is 15.6. The Balaban J connectivity index is 1.57. The van der Waals surface area contributed by atoms with E-state index < -0.39 is 21.9 Å². The molecular formula is C31H36FN3O6S. The van der Waals surface area contributed by atoms with Crippen LogP contribution in [-0.4, -0.2) is 56.8 Å². The van der Waals surface area contributed by atoms with Crippen LogP contribution >= 0.6 is 0 Å². The van der Waals surface area contributed by atoms with E-state index in [-0.39, 0.29) is 57.0 Å². The smallest absolute Gasteiger partial charge is 0.243 e. The number of nitrogens with zero attached hydrogens (tertiary/aromatic N) is 2. The molecule has 0 saturated carbocycles. The maximum Gasteiger partial charge on any atom is 0.243 e. The number of hydrogen-bond acceptors (Lipinski definition) is 6. The number of carbonyl (C=O) groups is 2. The van der Waals surface area contributed by atoms with Crippen LogP contribution in [-0.2, 0) is 32.6 Å². The maximum absolute atomic E-state index is 13.8. The zero-order chi connectivity index (χ0) is 30.3. The minimum absolute atomic E-state index is 0.0159.